The average molecular weight is 208 g/mol. The Labute approximate surface area is 90.8 Å². The second-order valence-corrected chi connectivity index (χ2v) is 5.47. The standard InChI is InChI=1S/C12H20N2O/c13-5-1-2-9(15)14-12-10-7-3-4-8(6-7)11(10)12/h7-8,10-12H,1-6,13H2,(H,14,15). The summed E-state index contributed by atoms with van der Waals surface area (Å²) in [7, 11) is 0. The van der Waals surface area contributed by atoms with E-state index in [-0.39, 0.29) is 5.91 Å². The maximum atomic E-state index is 11.6. The van der Waals surface area contributed by atoms with Crippen molar-refractivity contribution in [3.05, 3.63) is 0 Å². The van der Waals surface area contributed by atoms with E-state index in [0.717, 1.165) is 30.1 Å². The molecule has 0 aromatic carbocycles. The van der Waals surface area contributed by atoms with Crippen molar-refractivity contribution in [1.82, 2.24) is 5.32 Å². The van der Waals surface area contributed by atoms with Crippen molar-refractivity contribution in [2.45, 2.75) is 38.1 Å². The van der Waals surface area contributed by atoms with Crippen molar-refractivity contribution in [2.75, 3.05) is 6.54 Å². The second-order valence-electron chi connectivity index (χ2n) is 5.47. The van der Waals surface area contributed by atoms with Crippen molar-refractivity contribution in [2.24, 2.45) is 29.4 Å². The molecule has 3 rings (SSSR count). The second kappa shape index (κ2) is 3.48. The third-order valence-corrected chi connectivity index (χ3v) is 4.67. The van der Waals surface area contributed by atoms with E-state index in [1.54, 1.807) is 0 Å². The molecule has 15 heavy (non-hydrogen) atoms. The molecule has 0 heterocycles. The Morgan fingerprint density at radius 2 is 1.93 bits per heavy atom. The SMILES string of the molecule is NCCCC(=O)NC1C2C3CCC(C3)C12. The Balaban J connectivity index is 1.49. The largest absolute Gasteiger partial charge is 0.353 e. The van der Waals surface area contributed by atoms with Crippen LogP contribution in [0, 0.1) is 23.7 Å². The molecule has 84 valence electrons. The Bertz CT molecular complexity index is 263. The summed E-state index contributed by atoms with van der Waals surface area (Å²) in [5.41, 5.74) is 5.39. The van der Waals surface area contributed by atoms with Gasteiger partial charge in [0.2, 0.25) is 5.91 Å². The van der Waals surface area contributed by atoms with Crippen LogP contribution in [-0.4, -0.2) is 18.5 Å². The third-order valence-electron chi connectivity index (χ3n) is 4.67. The van der Waals surface area contributed by atoms with E-state index in [1.807, 2.05) is 0 Å². The van der Waals surface area contributed by atoms with E-state index >= 15 is 0 Å². The lowest BCUT2D eigenvalue weighted by Crippen LogP contribution is -2.30. The van der Waals surface area contributed by atoms with Crippen LogP contribution in [0.15, 0.2) is 0 Å². The molecule has 0 spiro atoms. The lowest BCUT2D eigenvalue weighted by atomic mass is 10.0. The topological polar surface area (TPSA) is 55.1 Å². The van der Waals surface area contributed by atoms with Gasteiger partial charge in [0.05, 0.1) is 0 Å². The first-order chi connectivity index (χ1) is 7.31. The van der Waals surface area contributed by atoms with Gasteiger partial charge in [0, 0.05) is 12.5 Å². The Kier molecular flexibility index (Phi) is 2.23. The van der Waals surface area contributed by atoms with Crippen LogP contribution in [0.5, 0.6) is 0 Å². The number of nitrogens with one attached hydrogen (secondary N) is 1. The zero-order valence-electron chi connectivity index (χ0n) is 9.11. The van der Waals surface area contributed by atoms with E-state index in [1.165, 1.54) is 19.3 Å². The number of nitrogens with two attached hydrogens (primary N) is 1. The van der Waals surface area contributed by atoms with Crippen LogP contribution < -0.4 is 11.1 Å². The van der Waals surface area contributed by atoms with Crippen molar-refractivity contribution in [3.63, 3.8) is 0 Å². The van der Waals surface area contributed by atoms with Crippen LogP contribution >= 0.6 is 0 Å². The molecule has 3 heteroatoms. The minimum atomic E-state index is 0.222. The lowest BCUT2D eigenvalue weighted by molar-refractivity contribution is -0.121. The fourth-order valence-corrected chi connectivity index (χ4v) is 4.04. The molecular weight excluding hydrogens is 188 g/mol. The van der Waals surface area contributed by atoms with Gasteiger partial charge in [0.15, 0.2) is 0 Å². The molecule has 3 aliphatic carbocycles. The first kappa shape index (κ1) is 9.64. The highest BCUT2D eigenvalue weighted by molar-refractivity contribution is 5.76. The smallest absolute Gasteiger partial charge is 0.220 e. The minimum Gasteiger partial charge on any atom is -0.353 e. The van der Waals surface area contributed by atoms with Gasteiger partial charge in [-0.3, -0.25) is 4.79 Å². The van der Waals surface area contributed by atoms with Gasteiger partial charge in [-0.25, -0.2) is 0 Å². The quantitative estimate of drug-likeness (QED) is 0.721. The van der Waals surface area contributed by atoms with E-state index in [0.29, 0.717) is 19.0 Å². The molecule has 2 bridgehead atoms. The Morgan fingerprint density at radius 3 is 2.53 bits per heavy atom. The Morgan fingerprint density at radius 1 is 1.27 bits per heavy atom. The normalized spacial score (nSPS) is 45.3. The molecule has 0 aliphatic heterocycles. The molecular formula is C12H20N2O. The van der Waals surface area contributed by atoms with Crippen LogP contribution in [0.4, 0.5) is 0 Å². The van der Waals surface area contributed by atoms with Gasteiger partial charge in [-0.1, -0.05) is 0 Å². The molecule has 3 aliphatic rings. The predicted octanol–water partition coefficient (Wildman–Crippen LogP) is 0.886. The maximum Gasteiger partial charge on any atom is 0.220 e. The number of carbonyl (C=O) groups is 1. The van der Waals surface area contributed by atoms with Gasteiger partial charge in [0.25, 0.3) is 0 Å². The summed E-state index contributed by atoms with van der Waals surface area (Å²) in [6.07, 6.45) is 5.72. The molecule has 4 atom stereocenters. The first-order valence-corrected chi connectivity index (χ1v) is 6.30. The van der Waals surface area contributed by atoms with Crippen LogP contribution in [-0.2, 0) is 4.79 Å². The summed E-state index contributed by atoms with van der Waals surface area (Å²) in [4.78, 5) is 11.6. The van der Waals surface area contributed by atoms with Crippen molar-refractivity contribution >= 4 is 5.91 Å². The molecule has 0 aromatic heterocycles. The number of carbonyl (C=O) groups excluding carboxylic acids is 1. The van der Waals surface area contributed by atoms with Gasteiger partial charge in [-0.05, 0) is 55.9 Å². The van der Waals surface area contributed by atoms with E-state index in [4.69, 9.17) is 5.73 Å². The van der Waals surface area contributed by atoms with Gasteiger partial charge in [-0.15, -0.1) is 0 Å². The van der Waals surface area contributed by atoms with Crippen molar-refractivity contribution < 1.29 is 4.79 Å². The van der Waals surface area contributed by atoms with E-state index in [9.17, 15) is 4.79 Å². The van der Waals surface area contributed by atoms with Crippen molar-refractivity contribution in [1.29, 1.82) is 0 Å². The Hall–Kier alpha value is -0.570. The summed E-state index contributed by atoms with van der Waals surface area (Å²) < 4.78 is 0. The fourth-order valence-electron chi connectivity index (χ4n) is 4.04. The monoisotopic (exact) mass is 208 g/mol. The number of hydrogen-bond donors (Lipinski definition) is 2. The summed E-state index contributed by atoms with van der Waals surface area (Å²) >= 11 is 0. The minimum absolute atomic E-state index is 0.222. The molecule has 0 radical (unpaired) electrons. The number of hydrogen-bond acceptors (Lipinski definition) is 2. The number of fused-ring (bicyclic) bond motifs is 5. The molecule has 3 fully saturated rings. The third kappa shape index (κ3) is 1.48. The lowest BCUT2D eigenvalue weighted by Gasteiger charge is -2.10. The van der Waals surface area contributed by atoms with Crippen LogP contribution in [0.3, 0.4) is 0 Å². The highest BCUT2D eigenvalue weighted by Gasteiger charge is 2.65. The molecule has 0 saturated heterocycles. The highest BCUT2D eigenvalue weighted by Crippen LogP contribution is 2.65. The zero-order chi connectivity index (χ0) is 10.4. The van der Waals surface area contributed by atoms with Crippen LogP contribution in [0.25, 0.3) is 0 Å². The summed E-state index contributed by atoms with van der Waals surface area (Å²) in [6.45, 7) is 0.621. The molecule has 3 N–H and O–H groups in total. The molecule has 4 unspecified atom stereocenters. The maximum absolute atomic E-state index is 11.6. The van der Waals surface area contributed by atoms with E-state index in [2.05, 4.69) is 5.32 Å². The summed E-state index contributed by atoms with van der Waals surface area (Å²) in [5.74, 6) is 3.81. The predicted molar refractivity (Wildman–Crippen MR) is 58.0 cm³/mol. The fraction of sp³-hybridized carbons (Fsp3) is 0.917. The van der Waals surface area contributed by atoms with Gasteiger partial charge >= 0.3 is 0 Å². The van der Waals surface area contributed by atoms with Gasteiger partial charge < -0.3 is 11.1 Å². The molecule has 0 aromatic rings. The van der Waals surface area contributed by atoms with Crippen LogP contribution in [0.1, 0.15) is 32.1 Å². The average Bonchev–Trinajstić information content (AvgIpc) is 2.65. The summed E-state index contributed by atoms with van der Waals surface area (Å²) in [6, 6.07) is 0.543. The summed E-state index contributed by atoms with van der Waals surface area (Å²) in [5, 5.41) is 3.20. The molecule has 3 saturated carbocycles. The highest BCUT2D eigenvalue weighted by atomic mass is 16.1. The van der Waals surface area contributed by atoms with Crippen LogP contribution in [0.2, 0.25) is 0 Å². The zero-order valence-corrected chi connectivity index (χ0v) is 9.11. The van der Waals surface area contributed by atoms with Crippen molar-refractivity contribution in [3.8, 4) is 0 Å². The first-order valence-electron chi connectivity index (χ1n) is 6.30. The van der Waals surface area contributed by atoms with Gasteiger partial charge in [-0.2, -0.15) is 0 Å². The number of amides is 1. The van der Waals surface area contributed by atoms with E-state index < -0.39 is 0 Å². The van der Waals surface area contributed by atoms with Gasteiger partial charge in [0.1, 0.15) is 0 Å². The number of rotatable bonds is 4. The molecule has 1 amide bonds. The molecule has 3 nitrogen and oxygen atoms in total.